The predicted molar refractivity (Wildman–Crippen MR) is 108 cm³/mol. The number of hydrogen-bond donors (Lipinski definition) is 1. The Morgan fingerprint density at radius 3 is 2.50 bits per heavy atom. The van der Waals surface area contributed by atoms with Crippen molar-refractivity contribution in [2.45, 2.75) is 6.92 Å². The van der Waals surface area contributed by atoms with Gasteiger partial charge in [0.05, 0.1) is 18.7 Å². The van der Waals surface area contributed by atoms with E-state index in [-0.39, 0.29) is 11.3 Å². The quantitative estimate of drug-likeness (QED) is 0.695. The predicted octanol–water partition coefficient (Wildman–Crippen LogP) is 2.11. The molecule has 8 nitrogen and oxygen atoms in total. The van der Waals surface area contributed by atoms with Gasteiger partial charge in [-0.25, -0.2) is 4.98 Å². The zero-order valence-electron chi connectivity index (χ0n) is 15.8. The molecule has 0 aliphatic carbocycles. The van der Waals surface area contributed by atoms with Crippen LogP contribution in [0.3, 0.4) is 0 Å². The number of benzene rings is 1. The van der Waals surface area contributed by atoms with Crippen LogP contribution >= 0.6 is 0 Å². The van der Waals surface area contributed by atoms with Crippen LogP contribution in [0.4, 0.5) is 17.5 Å². The first-order valence-corrected chi connectivity index (χ1v) is 9.11. The first-order valence-electron chi connectivity index (χ1n) is 9.11. The number of nitrogens with zero attached hydrogens (tertiary/aromatic N) is 4. The molecule has 0 radical (unpaired) electrons. The third-order valence-corrected chi connectivity index (χ3v) is 4.76. The maximum atomic E-state index is 12.7. The second-order valence-electron chi connectivity index (χ2n) is 6.72. The Morgan fingerprint density at radius 2 is 1.82 bits per heavy atom. The highest BCUT2D eigenvalue weighted by Gasteiger charge is 2.18. The number of carbonyl (C=O) groups is 1. The van der Waals surface area contributed by atoms with Gasteiger partial charge in [-0.15, -0.1) is 0 Å². The normalized spacial score (nSPS) is 14.3. The van der Waals surface area contributed by atoms with Crippen LogP contribution in [0, 0.1) is 0 Å². The van der Waals surface area contributed by atoms with Crippen LogP contribution < -0.4 is 15.8 Å². The van der Waals surface area contributed by atoms with Crippen molar-refractivity contribution in [3.8, 4) is 0 Å². The fourth-order valence-corrected chi connectivity index (χ4v) is 3.14. The van der Waals surface area contributed by atoms with Crippen LogP contribution in [0.2, 0.25) is 0 Å². The van der Waals surface area contributed by atoms with E-state index >= 15 is 0 Å². The molecule has 28 heavy (non-hydrogen) atoms. The van der Waals surface area contributed by atoms with Crippen molar-refractivity contribution in [1.82, 2.24) is 14.5 Å². The fraction of sp³-hybridized carbons (Fsp3) is 0.300. The number of hydrogen-bond acceptors (Lipinski definition) is 7. The van der Waals surface area contributed by atoms with E-state index in [0.717, 1.165) is 5.69 Å². The van der Waals surface area contributed by atoms with Gasteiger partial charge in [0.15, 0.2) is 5.78 Å². The molecule has 1 fully saturated rings. The van der Waals surface area contributed by atoms with Crippen molar-refractivity contribution < 1.29 is 9.53 Å². The molecule has 1 saturated heterocycles. The van der Waals surface area contributed by atoms with E-state index in [2.05, 4.69) is 15.3 Å². The van der Waals surface area contributed by atoms with Crippen LogP contribution in [-0.4, -0.2) is 46.6 Å². The van der Waals surface area contributed by atoms with Gasteiger partial charge >= 0.3 is 0 Å². The number of rotatable bonds is 4. The molecule has 0 amide bonds. The minimum atomic E-state index is -0.172. The summed E-state index contributed by atoms with van der Waals surface area (Å²) in [5.41, 5.74) is 1.78. The lowest BCUT2D eigenvalue weighted by Crippen LogP contribution is -2.37. The molecule has 0 saturated carbocycles. The van der Waals surface area contributed by atoms with Gasteiger partial charge in [0.2, 0.25) is 5.95 Å². The molecule has 0 bridgehead atoms. The average Bonchev–Trinajstić information content (AvgIpc) is 2.71. The van der Waals surface area contributed by atoms with Crippen LogP contribution in [0.15, 0.2) is 41.3 Å². The number of fused-ring (bicyclic) bond motifs is 1. The highest BCUT2D eigenvalue weighted by atomic mass is 16.5. The molecule has 144 valence electrons. The molecule has 0 spiro atoms. The monoisotopic (exact) mass is 379 g/mol. The van der Waals surface area contributed by atoms with E-state index in [1.165, 1.54) is 11.5 Å². The Kier molecular flexibility index (Phi) is 4.79. The van der Waals surface area contributed by atoms with Crippen molar-refractivity contribution >= 4 is 34.1 Å². The SMILES string of the molecule is CC(=O)c1ccc(Nc2nc(N3CCOCC3)nc3ccn(C)c(=O)c23)cc1. The van der Waals surface area contributed by atoms with Crippen molar-refractivity contribution in [3.05, 3.63) is 52.4 Å². The van der Waals surface area contributed by atoms with E-state index in [1.54, 1.807) is 37.5 Å². The van der Waals surface area contributed by atoms with Crippen LogP contribution in [0.25, 0.3) is 10.9 Å². The number of ketones is 1. The Morgan fingerprint density at radius 1 is 1.11 bits per heavy atom. The second kappa shape index (κ2) is 7.40. The Hall–Kier alpha value is -3.26. The number of pyridine rings is 1. The second-order valence-corrected chi connectivity index (χ2v) is 6.72. The van der Waals surface area contributed by atoms with E-state index in [1.807, 2.05) is 11.0 Å². The zero-order valence-corrected chi connectivity index (χ0v) is 15.8. The molecule has 1 aliphatic heterocycles. The highest BCUT2D eigenvalue weighted by Crippen LogP contribution is 2.25. The first kappa shape index (κ1) is 18.1. The number of ether oxygens (including phenoxy) is 1. The van der Waals surface area contributed by atoms with Gasteiger partial charge in [0.1, 0.15) is 11.2 Å². The molecule has 3 aromatic rings. The molecular formula is C20H21N5O3. The Labute approximate surface area is 161 Å². The molecule has 0 atom stereocenters. The van der Waals surface area contributed by atoms with Crippen molar-refractivity contribution in [1.29, 1.82) is 0 Å². The molecule has 1 N–H and O–H groups in total. The lowest BCUT2D eigenvalue weighted by Gasteiger charge is -2.27. The maximum Gasteiger partial charge on any atom is 0.263 e. The number of morpholine rings is 1. The average molecular weight is 379 g/mol. The molecule has 0 unspecified atom stereocenters. The first-order chi connectivity index (χ1) is 13.5. The lowest BCUT2D eigenvalue weighted by atomic mass is 10.1. The smallest absolute Gasteiger partial charge is 0.263 e. The Balaban J connectivity index is 1.80. The third-order valence-electron chi connectivity index (χ3n) is 4.76. The number of Topliss-reactive ketones (excluding diaryl/α,β-unsaturated/α-hetero) is 1. The minimum Gasteiger partial charge on any atom is -0.378 e. The van der Waals surface area contributed by atoms with Gasteiger partial charge in [-0.05, 0) is 37.3 Å². The van der Waals surface area contributed by atoms with Crippen LogP contribution in [0.1, 0.15) is 17.3 Å². The van der Waals surface area contributed by atoms with Gasteiger partial charge in [-0.3, -0.25) is 9.59 Å². The van der Waals surface area contributed by atoms with Gasteiger partial charge in [-0.1, -0.05) is 0 Å². The number of aryl methyl sites for hydroxylation is 1. The number of nitrogens with one attached hydrogen (secondary N) is 1. The largest absolute Gasteiger partial charge is 0.378 e. The topological polar surface area (TPSA) is 89.3 Å². The summed E-state index contributed by atoms with van der Waals surface area (Å²) in [6.07, 6.45) is 1.70. The summed E-state index contributed by atoms with van der Waals surface area (Å²) < 4.78 is 6.91. The summed E-state index contributed by atoms with van der Waals surface area (Å²) in [5, 5.41) is 3.66. The zero-order chi connectivity index (χ0) is 19.7. The van der Waals surface area contributed by atoms with Crippen LogP contribution in [-0.2, 0) is 11.8 Å². The third kappa shape index (κ3) is 3.46. The van der Waals surface area contributed by atoms with Gasteiger partial charge in [-0.2, -0.15) is 4.98 Å². The summed E-state index contributed by atoms with van der Waals surface area (Å²) in [7, 11) is 1.70. The van der Waals surface area contributed by atoms with E-state index in [0.29, 0.717) is 54.5 Å². The van der Waals surface area contributed by atoms with Crippen molar-refractivity contribution in [3.63, 3.8) is 0 Å². The standard InChI is InChI=1S/C20H21N5O3/c1-13(26)14-3-5-15(6-4-14)21-18-17-16(7-8-24(2)19(17)27)22-20(23-18)25-9-11-28-12-10-25/h3-8H,9-12H2,1-2H3,(H,21,22,23). The molecule has 1 aliphatic rings. The van der Waals surface area contributed by atoms with E-state index < -0.39 is 0 Å². The van der Waals surface area contributed by atoms with E-state index in [4.69, 9.17) is 4.74 Å². The van der Waals surface area contributed by atoms with Crippen molar-refractivity contribution in [2.24, 2.45) is 7.05 Å². The summed E-state index contributed by atoms with van der Waals surface area (Å²) in [6, 6.07) is 8.90. The van der Waals surface area contributed by atoms with Gasteiger partial charge in [0, 0.05) is 37.6 Å². The highest BCUT2D eigenvalue weighted by molar-refractivity contribution is 5.95. The molecular weight excluding hydrogens is 358 g/mol. The Bertz CT molecular complexity index is 1090. The molecule has 2 aromatic heterocycles. The molecule has 4 rings (SSSR count). The molecule has 1 aromatic carbocycles. The molecule has 3 heterocycles. The lowest BCUT2D eigenvalue weighted by molar-refractivity contribution is 0.101. The number of carbonyl (C=O) groups excluding carboxylic acids is 1. The van der Waals surface area contributed by atoms with Gasteiger partial charge < -0.3 is 19.5 Å². The van der Waals surface area contributed by atoms with Crippen LogP contribution in [0.5, 0.6) is 0 Å². The van der Waals surface area contributed by atoms with E-state index in [9.17, 15) is 9.59 Å². The minimum absolute atomic E-state index is 0.00232. The van der Waals surface area contributed by atoms with Gasteiger partial charge in [0.25, 0.3) is 5.56 Å². The fourth-order valence-electron chi connectivity index (χ4n) is 3.14. The summed E-state index contributed by atoms with van der Waals surface area (Å²) in [5.74, 6) is 1.01. The summed E-state index contributed by atoms with van der Waals surface area (Å²) >= 11 is 0. The number of anilines is 3. The summed E-state index contributed by atoms with van der Waals surface area (Å²) in [4.78, 5) is 35.5. The maximum absolute atomic E-state index is 12.7. The summed E-state index contributed by atoms with van der Waals surface area (Å²) in [6.45, 7) is 4.16. The molecule has 8 heteroatoms. The van der Waals surface area contributed by atoms with Crippen molar-refractivity contribution in [2.75, 3.05) is 36.5 Å². The number of aromatic nitrogens is 3.